The number of aryl methyl sites for hydroxylation is 1. The number of benzene rings is 2. The Morgan fingerprint density at radius 2 is 1.95 bits per heavy atom. The molecule has 3 amide bonds. The highest BCUT2D eigenvalue weighted by Gasteiger charge is 2.49. The number of nitrogens with one attached hydrogen (secondary N) is 1. The number of fused-ring (bicyclic) bond motifs is 1. The number of hydrogen-bond donors (Lipinski definition) is 2. The van der Waals surface area contributed by atoms with Crippen LogP contribution < -0.4 is 10.8 Å². The number of likely N-dealkylation sites (tertiary alicyclic amines) is 1. The van der Waals surface area contributed by atoms with Gasteiger partial charge in [-0.25, -0.2) is 9.98 Å². The number of aliphatic imine (C=N–C) groups is 1. The molecule has 43 heavy (non-hydrogen) atoms. The Morgan fingerprint density at radius 3 is 2.60 bits per heavy atom. The predicted molar refractivity (Wildman–Crippen MR) is 167 cm³/mol. The van der Waals surface area contributed by atoms with Gasteiger partial charge in [0.15, 0.2) is 5.54 Å². The molecule has 4 heterocycles. The first-order valence-electron chi connectivity index (χ1n) is 14.4. The third-order valence-electron chi connectivity index (χ3n) is 8.79. The summed E-state index contributed by atoms with van der Waals surface area (Å²) in [4.78, 5) is 54.6. The van der Waals surface area contributed by atoms with Crippen LogP contribution in [-0.2, 0) is 21.7 Å². The van der Waals surface area contributed by atoms with Crippen molar-refractivity contribution in [1.82, 2.24) is 20.1 Å². The molecule has 1 aromatic heterocycles. The molecule has 0 bridgehead atoms. The molecule has 6 rings (SSSR count). The molecule has 2 N–H and O–H groups in total. The van der Waals surface area contributed by atoms with E-state index in [9.17, 15) is 19.5 Å². The van der Waals surface area contributed by atoms with Gasteiger partial charge in [-0.05, 0) is 42.5 Å². The maximum atomic E-state index is 14.2. The van der Waals surface area contributed by atoms with Gasteiger partial charge < -0.3 is 20.2 Å². The van der Waals surface area contributed by atoms with E-state index < -0.39 is 23.7 Å². The van der Waals surface area contributed by atoms with Crippen LogP contribution in [0.5, 0.6) is 0 Å². The molecule has 217 valence electrons. The van der Waals surface area contributed by atoms with Gasteiger partial charge in [0.2, 0.25) is 5.91 Å². The number of aliphatic hydroxyl groups excluding tert-OH is 1. The minimum atomic E-state index is -1.20. The molecule has 9 nitrogen and oxygen atoms in total. The van der Waals surface area contributed by atoms with E-state index in [0.717, 1.165) is 32.7 Å². The summed E-state index contributed by atoms with van der Waals surface area (Å²) in [6, 6.07) is 11.7. The lowest BCUT2D eigenvalue weighted by molar-refractivity contribution is -0.138. The molecular weight excluding hydrogens is 560 g/mol. The Morgan fingerprint density at radius 1 is 1.21 bits per heavy atom. The van der Waals surface area contributed by atoms with E-state index >= 15 is 0 Å². The standard InChI is InChI=1S/C31H32B2N5O4S/c1-16(2)25(38-14-22-21(28(38)40)6-5-7-23(22)33-32)29(41)37-13-20(39)12-24(37)27-35-30(42)31(4,36-27)19-10-8-18(9-11-19)26-17(3)34-15-43-26/h5-11,15-16,20,24-25,39H,12-14H2,1-4H3,(H,35,36,42). The molecule has 3 radical (unpaired) electrons. The average molecular weight is 592 g/mol. The zero-order chi connectivity index (χ0) is 30.6. The van der Waals surface area contributed by atoms with E-state index in [0.29, 0.717) is 11.4 Å². The number of rotatable bonds is 7. The number of carbonyl (C=O) groups is 3. The Kier molecular flexibility index (Phi) is 7.54. The fraction of sp³-hybridized carbons (Fsp3) is 0.387. The third kappa shape index (κ3) is 4.90. The van der Waals surface area contributed by atoms with Gasteiger partial charge in [0.05, 0.1) is 35.4 Å². The fourth-order valence-electron chi connectivity index (χ4n) is 6.46. The molecule has 4 unspecified atom stereocenters. The highest BCUT2D eigenvalue weighted by Crippen LogP contribution is 2.36. The zero-order valence-electron chi connectivity index (χ0n) is 24.6. The maximum Gasteiger partial charge on any atom is 0.257 e. The molecule has 3 aliphatic rings. The molecular formula is C31H32B2N5O4S. The van der Waals surface area contributed by atoms with Gasteiger partial charge in [-0.1, -0.05) is 55.7 Å². The number of hydrogen-bond acceptors (Lipinski definition) is 7. The number of carbonyl (C=O) groups excluding carboxylic acids is 3. The summed E-state index contributed by atoms with van der Waals surface area (Å²) in [6.07, 6.45) is -0.560. The van der Waals surface area contributed by atoms with Crippen LogP contribution in [0.25, 0.3) is 10.4 Å². The van der Waals surface area contributed by atoms with E-state index in [-0.39, 0.29) is 43.1 Å². The number of nitrogens with zero attached hydrogens (tertiary/aromatic N) is 4. The molecule has 12 heteroatoms. The van der Waals surface area contributed by atoms with Crippen molar-refractivity contribution in [2.24, 2.45) is 10.9 Å². The van der Waals surface area contributed by atoms with Crippen molar-refractivity contribution in [3.63, 3.8) is 0 Å². The molecule has 0 spiro atoms. The number of aromatic nitrogens is 1. The van der Waals surface area contributed by atoms with Crippen LogP contribution in [0.1, 0.15) is 54.4 Å². The summed E-state index contributed by atoms with van der Waals surface area (Å²) in [5, 5.41) is 13.6. The molecule has 0 aliphatic carbocycles. The molecule has 3 aliphatic heterocycles. The van der Waals surface area contributed by atoms with Crippen LogP contribution in [0, 0.1) is 12.8 Å². The Balaban J connectivity index is 1.28. The number of aliphatic hydroxyl groups is 1. The van der Waals surface area contributed by atoms with Gasteiger partial charge in [0.1, 0.15) is 11.9 Å². The summed E-state index contributed by atoms with van der Waals surface area (Å²) in [5.41, 5.74) is 5.39. The molecule has 4 atom stereocenters. The van der Waals surface area contributed by atoms with Crippen molar-refractivity contribution < 1.29 is 19.5 Å². The van der Waals surface area contributed by atoms with Crippen molar-refractivity contribution >= 4 is 55.3 Å². The van der Waals surface area contributed by atoms with Crippen molar-refractivity contribution in [2.75, 3.05) is 6.54 Å². The molecule has 3 aromatic rings. The fourth-order valence-corrected chi connectivity index (χ4v) is 7.27. The quantitative estimate of drug-likeness (QED) is 0.407. The van der Waals surface area contributed by atoms with Gasteiger partial charge in [0, 0.05) is 32.8 Å². The predicted octanol–water partition coefficient (Wildman–Crippen LogP) is 1.92. The third-order valence-corrected chi connectivity index (χ3v) is 9.77. The van der Waals surface area contributed by atoms with Crippen LogP contribution >= 0.6 is 11.3 Å². The molecule has 1 saturated heterocycles. The number of amidine groups is 1. The normalized spacial score (nSPS) is 23.9. The first-order valence-corrected chi connectivity index (χ1v) is 15.3. The topological polar surface area (TPSA) is 115 Å². The second kappa shape index (κ2) is 11.1. The monoisotopic (exact) mass is 592 g/mol. The summed E-state index contributed by atoms with van der Waals surface area (Å²) < 4.78 is 0. The van der Waals surface area contributed by atoms with Crippen molar-refractivity contribution in [2.45, 2.75) is 64.4 Å². The Labute approximate surface area is 257 Å². The highest BCUT2D eigenvalue weighted by atomic mass is 32.1. The summed E-state index contributed by atoms with van der Waals surface area (Å²) >= 11 is 1.56. The number of amides is 3. The van der Waals surface area contributed by atoms with Crippen LogP contribution in [0.15, 0.2) is 53.0 Å². The van der Waals surface area contributed by atoms with Gasteiger partial charge in [-0.3, -0.25) is 14.4 Å². The minimum Gasteiger partial charge on any atom is -0.391 e. The Hall–Kier alpha value is -3.76. The van der Waals surface area contributed by atoms with E-state index in [2.05, 4.69) is 10.3 Å². The molecule has 1 fully saturated rings. The SMILES string of the molecule is [B][B]c1cccc2c1CN(C(C(=O)N1CC(O)CC1C1=NC(C)(c3ccc(-c4scnc4C)cc3)C(=O)N1)C(C)C)C2=O. The summed E-state index contributed by atoms with van der Waals surface area (Å²) in [7, 11) is 7.29. The van der Waals surface area contributed by atoms with E-state index in [4.69, 9.17) is 12.7 Å². The van der Waals surface area contributed by atoms with Crippen LogP contribution in [0.3, 0.4) is 0 Å². The van der Waals surface area contributed by atoms with Gasteiger partial charge in [0.25, 0.3) is 11.8 Å². The summed E-state index contributed by atoms with van der Waals surface area (Å²) in [5.74, 6) is -0.670. The second-order valence-electron chi connectivity index (χ2n) is 11.9. The number of thiazole rings is 1. The van der Waals surface area contributed by atoms with E-state index in [1.54, 1.807) is 40.2 Å². The number of β-amino-alcohol motifs (C(OH)–C–C–N with tert-alkyl or cyclic N) is 1. The summed E-state index contributed by atoms with van der Waals surface area (Å²) in [6.45, 7) is 7.87. The van der Waals surface area contributed by atoms with E-state index in [1.165, 1.54) is 7.17 Å². The smallest absolute Gasteiger partial charge is 0.257 e. The Bertz CT molecular complexity index is 1640. The van der Waals surface area contributed by atoms with Gasteiger partial charge in [-0.15, -0.1) is 11.3 Å². The van der Waals surface area contributed by atoms with Gasteiger partial charge in [-0.2, -0.15) is 0 Å². The first-order chi connectivity index (χ1) is 20.5. The molecule has 0 saturated carbocycles. The van der Waals surface area contributed by atoms with Crippen molar-refractivity contribution in [3.8, 4) is 10.4 Å². The van der Waals surface area contributed by atoms with E-state index in [1.807, 2.05) is 56.6 Å². The highest BCUT2D eigenvalue weighted by molar-refractivity contribution is 7.13. The maximum absolute atomic E-state index is 14.2. The van der Waals surface area contributed by atoms with Crippen LogP contribution in [0.4, 0.5) is 0 Å². The van der Waals surface area contributed by atoms with Crippen LogP contribution in [-0.4, -0.2) is 83.1 Å². The largest absolute Gasteiger partial charge is 0.391 e. The molecule has 2 aromatic carbocycles. The zero-order valence-corrected chi connectivity index (χ0v) is 25.4. The average Bonchev–Trinajstić information content (AvgIpc) is 3.75. The first kappa shape index (κ1) is 29.3. The second-order valence-corrected chi connectivity index (χ2v) is 12.8. The van der Waals surface area contributed by atoms with Gasteiger partial charge >= 0.3 is 0 Å². The van der Waals surface area contributed by atoms with Crippen LogP contribution in [0.2, 0.25) is 0 Å². The lowest BCUT2D eigenvalue weighted by atomic mass is 9.50. The lowest BCUT2D eigenvalue weighted by Gasteiger charge is -2.35. The minimum absolute atomic E-state index is 0.0814. The lowest BCUT2D eigenvalue weighted by Crippen LogP contribution is -2.55. The van der Waals surface area contributed by atoms with Crippen molar-refractivity contribution in [1.29, 1.82) is 0 Å². The van der Waals surface area contributed by atoms with Crippen molar-refractivity contribution in [3.05, 3.63) is 70.4 Å².